The maximum atomic E-state index is 2.53. The smallest absolute Gasteiger partial charge is 0.0714 e. The van der Waals surface area contributed by atoms with Crippen LogP contribution in [0.2, 0.25) is 0 Å². The van der Waals surface area contributed by atoms with E-state index in [1.54, 1.807) is 0 Å². The zero-order valence-corrected chi connectivity index (χ0v) is 66.6. The van der Waals surface area contributed by atoms with Crippen molar-refractivity contribution in [2.75, 3.05) is 0 Å². The summed E-state index contributed by atoms with van der Waals surface area (Å²) in [4.78, 5) is 0. The molecule has 0 saturated heterocycles. The molecule has 25 rings (SSSR count). The fraction of sp³-hybridized carbons (Fsp3) is 0.0256. The van der Waals surface area contributed by atoms with E-state index >= 15 is 0 Å². The van der Waals surface area contributed by atoms with Gasteiger partial charge in [-0.15, -0.1) is 0 Å². The van der Waals surface area contributed by atoms with Crippen molar-refractivity contribution in [1.82, 2.24) is 18.3 Å². The monoisotopic (exact) mass is 1540 g/mol. The summed E-state index contributed by atoms with van der Waals surface area (Å²) in [5.41, 5.74) is 37.4. The van der Waals surface area contributed by atoms with E-state index in [-0.39, 0.29) is 5.41 Å². The van der Waals surface area contributed by atoms with Gasteiger partial charge in [-0.2, -0.15) is 0 Å². The van der Waals surface area contributed by atoms with E-state index < -0.39 is 5.41 Å². The molecule has 121 heavy (non-hydrogen) atoms. The number of hydrogen-bond donors (Lipinski definition) is 0. The third-order valence-electron chi connectivity index (χ3n) is 26.4. The van der Waals surface area contributed by atoms with Crippen LogP contribution >= 0.6 is 0 Å². The Hall–Kier alpha value is -15.6. The van der Waals surface area contributed by atoms with Crippen LogP contribution in [0.15, 0.2) is 455 Å². The Kier molecular flexibility index (Phi) is 16.0. The van der Waals surface area contributed by atoms with Gasteiger partial charge in [0.25, 0.3) is 0 Å². The average Bonchev–Trinajstić information content (AvgIpc) is 1.53. The Labute approximate surface area is 701 Å². The summed E-state index contributed by atoms with van der Waals surface area (Å²) in [6.07, 6.45) is 0. The van der Waals surface area contributed by atoms with Crippen molar-refractivity contribution in [3.05, 3.63) is 494 Å². The molecule has 23 aromatic rings. The summed E-state index contributed by atoms with van der Waals surface area (Å²) < 4.78 is 9.81. The quantitative estimate of drug-likeness (QED) is 0.123. The van der Waals surface area contributed by atoms with Crippen molar-refractivity contribution in [1.29, 1.82) is 0 Å². The number of para-hydroxylation sites is 5. The zero-order valence-electron chi connectivity index (χ0n) is 66.6. The molecule has 0 amide bonds. The van der Waals surface area contributed by atoms with Gasteiger partial charge in [0.1, 0.15) is 0 Å². The second-order valence-corrected chi connectivity index (χ2v) is 32.6. The maximum absolute atomic E-state index is 2.53. The Bertz CT molecular complexity index is 8040. The third kappa shape index (κ3) is 10.7. The second kappa shape index (κ2) is 27.8. The molecule has 0 saturated carbocycles. The molecular formula is C117H78N4. The fourth-order valence-electron chi connectivity index (χ4n) is 21.0. The predicted molar refractivity (Wildman–Crippen MR) is 507 cm³/mol. The molecule has 0 radical (unpaired) electrons. The molecule has 566 valence electrons. The van der Waals surface area contributed by atoms with Crippen molar-refractivity contribution >= 4 is 87.2 Å². The van der Waals surface area contributed by atoms with Crippen LogP contribution in [-0.2, 0) is 10.8 Å². The Morgan fingerprint density at radius 3 is 1.17 bits per heavy atom. The minimum absolute atomic E-state index is 0.276. The lowest BCUT2D eigenvalue weighted by atomic mass is 9.67. The van der Waals surface area contributed by atoms with Gasteiger partial charge in [0.05, 0.1) is 49.5 Å². The standard InChI is InChI=1S/C61H40N2.C56H38N2/c1-5-19-41(20-6-1)42-35-37-44(38-36-42)61(43-21-7-2-8-22-43)53-31-15-13-27-47(53)51-39-52-58(40-54(51)61)63(46-25-11-4-12-26-46)57-34-18-30-49(60(52)57)48-29-17-33-56-59(48)50-28-14-16-32-55(50)62(56)45-23-9-3-10-24-45;1-56(41-19-7-3-8-20-41)50-26-13-11-24-44(50)47-35-49-46-30-28-40(34-54(46)57(55(49)36-51(47)56)42-21-9-4-10-22-42)39-29-31-53-48(33-39)45-25-12-14-27-52(45)58(53)43-23-15-18-38(32-43)37-16-5-2-6-17-37/h1-40H;2-36H,1H3. The molecule has 0 bridgehead atoms. The Balaban J connectivity index is 0.000000138. The van der Waals surface area contributed by atoms with Gasteiger partial charge >= 0.3 is 0 Å². The summed E-state index contributed by atoms with van der Waals surface area (Å²) in [5, 5.41) is 10.0. The van der Waals surface area contributed by atoms with Crippen molar-refractivity contribution in [2.45, 2.75) is 17.8 Å². The van der Waals surface area contributed by atoms with Gasteiger partial charge in [0.2, 0.25) is 0 Å². The lowest BCUT2D eigenvalue weighted by molar-refractivity contribution is 0.714. The number of hydrogen-bond acceptors (Lipinski definition) is 0. The highest BCUT2D eigenvalue weighted by Crippen LogP contribution is 2.60. The molecule has 19 aromatic carbocycles. The minimum atomic E-state index is -0.553. The molecule has 4 aromatic heterocycles. The molecule has 4 heterocycles. The van der Waals surface area contributed by atoms with E-state index in [9.17, 15) is 0 Å². The first-order chi connectivity index (χ1) is 59.9. The van der Waals surface area contributed by atoms with Gasteiger partial charge in [-0.3, -0.25) is 0 Å². The van der Waals surface area contributed by atoms with Crippen LogP contribution in [0.4, 0.5) is 0 Å². The summed E-state index contributed by atoms with van der Waals surface area (Å²) in [6.45, 7) is 2.40. The van der Waals surface area contributed by atoms with Gasteiger partial charge in [-0.1, -0.05) is 340 Å². The number of benzene rings is 19. The molecule has 2 atom stereocenters. The summed E-state index contributed by atoms with van der Waals surface area (Å²) >= 11 is 0. The summed E-state index contributed by atoms with van der Waals surface area (Å²) in [6, 6.07) is 168. The van der Waals surface area contributed by atoms with Gasteiger partial charge in [-0.05, 0) is 228 Å². The number of nitrogens with zero attached hydrogens (tertiary/aromatic N) is 4. The van der Waals surface area contributed by atoms with Gasteiger partial charge < -0.3 is 18.3 Å². The Morgan fingerprint density at radius 2 is 0.521 bits per heavy atom. The first-order valence-corrected chi connectivity index (χ1v) is 42.0. The fourth-order valence-corrected chi connectivity index (χ4v) is 21.0. The second-order valence-electron chi connectivity index (χ2n) is 32.6. The summed E-state index contributed by atoms with van der Waals surface area (Å²) in [7, 11) is 0. The van der Waals surface area contributed by atoms with E-state index in [0.29, 0.717) is 0 Å². The molecule has 2 aliphatic rings. The lowest BCUT2D eigenvalue weighted by Crippen LogP contribution is -2.28. The molecule has 4 nitrogen and oxygen atoms in total. The topological polar surface area (TPSA) is 19.7 Å². The molecule has 0 spiro atoms. The molecule has 2 aliphatic carbocycles. The van der Waals surface area contributed by atoms with E-state index in [1.165, 1.54) is 193 Å². The van der Waals surface area contributed by atoms with E-state index in [0.717, 1.165) is 22.7 Å². The van der Waals surface area contributed by atoms with Crippen LogP contribution in [0, 0.1) is 0 Å². The predicted octanol–water partition coefficient (Wildman–Crippen LogP) is 30.1. The molecular weight excluding hydrogens is 1460 g/mol. The van der Waals surface area contributed by atoms with Crippen LogP contribution in [0.25, 0.3) is 177 Å². The van der Waals surface area contributed by atoms with Crippen LogP contribution in [0.5, 0.6) is 0 Å². The van der Waals surface area contributed by atoms with Gasteiger partial charge in [-0.25, -0.2) is 0 Å². The molecule has 0 fully saturated rings. The molecule has 2 unspecified atom stereocenters. The average molecular weight is 1540 g/mol. The number of fused-ring (bicyclic) bond motifs is 18. The normalized spacial score (nSPS) is 14.6. The van der Waals surface area contributed by atoms with Crippen LogP contribution < -0.4 is 0 Å². The molecule has 4 heteroatoms. The summed E-state index contributed by atoms with van der Waals surface area (Å²) in [5.74, 6) is 0. The molecule has 0 aliphatic heterocycles. The molecule has 0 N–H and O–H groups in total. The zero-order chi connectivity index (χ0) is 79.9. The van der Waals surface area contributed by atoms with Crippen LogP contribution in [-0.4, -0.2) is 18.3 Å². The SMILES string of the molecule is CC1(c2ccccc2)c2ccccc2-c2cc3c4ccc(-c5ccc6c(c5)c5ccccc5n6-c5cccc(-c6ccccc6)c5)cc4n(-c4ccccc4)c3cc21.c1ccc(-c2ccc(C3(c4ccccc4)c4ccccc4-c4cc5c6c(-c7cccc8c7c7ccccc7n8-c7ccccc7)cccc6n(-c6ccccc6)c5cc43)cc2)cc1. The highest BCUT2D eigenvalue weighted by Gasteiger charge is 2.47. The number of rotatable bonds is 11. The van der Waals surface area contributed by atoms with Crippen LogP contribution in [0.3, 0.4) is 0 Å². The first-order valence-electron chi connectivity index (χ1n) is 42.0. The lowest BCUT2D eigenvalue weighted by Gasteiger charge is -2.34. The van der Waals surface area contributed by atoms with Gasteiger partial charge in [0.15, 0.2) is 0 Å². The van der Waals surface area contributed by atoms with Crippen molar-refractivity contribution in [2.24, 2.45) is 0 Å². The highest BCUT2D eigenvalue weighted by molar-refractivity contribution is 6.23. The van der Waals surface area contributed by atoms with E-state index in [2.05, 4.69) is 480 Å². The van der Waals surface area contributed by atoms with Crippen molar-refractivity contribution < 1.29 is 0 Å². The van der Waals surface area contributed by atoms with E-state index in [4.69, 9.17) is 0 Å². The Morgan fingerprint density at radius 1 is 0.165 bits per heavy atom. The third-order valence-corrected chi connectivity index (χ3v) is 26.4. The maximum Gasteiger partial charge on any atom is 0.0714 e. The minimum Gasteiger partial charge on any atom is -0.309 e. The van der Waals surface area contributed by atoms with Crippen molar-refractivity contribution in [3.8, 4) is 89.5 Å². The van der Waals surface area contributed by atoms with Gasteiger partial charge in [0, 0.05) is 71.3 Å². The first kappa shape index (κ1) is 69.7. The van der Waals surface area contributed by atoms with Crippen LogP contribution in [0.1, 0.15) is 45.9 Å². The number of aromatic nitrogens is 4. The van der Waals surface area contributed by atoms with Crippen molar-refractivity contribution in [3.63, 3.8) is 0 Å². The largest absolute Gasteiger partial charge is 0.309 e. The highest BCUT2D eigenvalue weighted by atomic mass is 15.0. The van der Waals surface area contributed by atoms with E-state index in [1.807, 2.05) is 0 Å².